The summed E-state index contributed by atoms with van der Waals surface area (Å²) in [5.74, 6) is -0.767. The second-order valence-corrected chi connectivity index (χ2v) is 10.6. The van der Waals surface area contributed by atoms with E-state index in [1.165, 1.54) is 19.2 Å². The fourth-order valence-corrected chi connectivity index (χ4v) is 4.80. The van der Waals surface area contributed by atoms with Crippen molar-refractivity contribution in [2.75, 3.05) is 43.1 Å². The Kier molecular flexibility index (Phi) is 9.92. The van der Waals surface area contributed by atoms with Gasteiger partial charge in [-0.1, -0.05) is 0 Å². The van der Waals surface area contributed by atoms with Gasteiger partial charge in [0, 0.05) is 38.3 Å². The van der Waals surface area contributed by atoms with Crippen molar-refractivity contribution in [3.05, 3.63) is 34.4 Å². The molecular weight excluding hydrogens is 540 g/mol. The average Bonchev–Trinajstić information content (AvgIpc) is 3.68. The van der Waals surface area contributed by atoms with Gasteiger partial charge in [0.1, 0.15) is 41.0 Å². The van der Waals surface area contributed by atoms with Gasteiger partial charge in [0.2, 0.25) is 0 Å². The third-order valence-electron chi connectivity index (χ3n) is 6.57. The Labute approximate surface area is 244 Å². The summed E-state index contributed by atoms with van der Waals surface area (Å²) in [6.45, 7) is 8.13. The predicted octanol–water partition coefficient (Wildman–Crippen LogP) is 4.79. The molecule has 42 heavy (non-hydrogen) atoms. The number of carbonyl (C=O) groups is 1. The van der Waals surface area contributed by atoms with Gasteiger partial charge in [-0.3, -0.25) is 0 Å². The number of nitrogens with zero attached hydrogens (tertiary/aromatic N) is 6. The van der Waals surface area contributed by atoms with Crippen molar-refractivity contribution in [2.24, 2.45) is 0 Å². The third-order valence-corrected chi connectivity index (χ3v) is 6.57. The molecule has 0 aliphatic carbocycles. The molecule has 0 unspecified atom stereocenters. The number of nitriles is 4. The van der Waals surface area contributed by atoms with Crippen LogP contribution in [0.1, 0.15) is 68.7 Å². The van der Waals surface area contributed by atoms with Crippen LogP contribution in [0.4, 0.5) is 16.2 Å². The van der Waals surface area contributed by atoms with Crippen LogP contribution in [0.25, 0.3) is 0 Å². The van der Waals surface area contributed by atoms with Gasteiger partial charge in [0.25, 0.3) is 0 Å². The fraction of sp³-hybridized carbons (Fsp3) is 0.433. The van der Waals surface area contributed by atoms with Crippen LogP contribution in [0.5, 0.6) is 23.0 Å². The molecule has 2 aliphatic heterocycles. The molecule has 2 fully saturated rings. The number of phenols is 2. The molecule has 0 atom stereocenters. The van der Waals surface area contributed by atoms with Crippen LogP contribution in [0, 0.1) is 45.3 Å². The highest BCUT2D eigenvalue weighted by molar-refractivity contribution is 5.79. The van der Waals surface area contributed by atoms with Gasteiger partial charge < -0.3 is 34.2 Å². The lowest BCUT2D eigenvalue weighted by Crippen LogP contribution is -2.27. The molecule has 2 aliphatic rings. The van der Waals surface area contributed by atoms with Crippen LogP contribution in [0.3, 0.4) is 0 Å². The first-order chi connectivity index (χ1) is 20.0. The van der Waals surface area contributed by atoms with Crippen molar-refractivity contribution in [2.45, 2.75) is 52.1 Å². The van der Waals surface area contributed by atoms with Crippen LogP contribution in [0.15, 0.2) is 12.1 Å². The Morgan fingerprint density at radius 3 is 1.71 bits per heavy atom. The minimum Gasteiger partial charge on any atom is -0.504 e. The number of carbonyl (C=O) groups excluding carboxylic acids is 1. The maximum Gasteiger partial charge on any atom is 0.514 e. The summed E-state index contributed by atoms with van der Waals surface area (Å²) >= 11 is 0. The molecule has 2 heterocycles. The fourth-order valence-electron chi connectivity index (χ4n) is 4.80. The van der Waals surface area contributed by atoms with Gasteiger partial charge in [-0.25, -0.2) is 4.79 Å². The van der Waals surface area contributed by atoms with E-state index >= 15 is 0 Å². The Bertz CT molecular complexity index is 1510. The molecule has 218 valence electrons. The zero-order valence-electron chi connectivity index (χ0n) is 24.0. The Morgan fingerprint density at radius 2 is 1.29 bits per heavy atom. The lowest BCUT2D eigenvalue weighted by Gasteiger charge is -2.24. The molecule has 2 N–H and O–H groups in total. The van der Waals surface area contributed by atoms with E-state index in [1.54, 1.807) is 20.8 Å². The van der Waals surface area contributed by atoms with Gasteiger partial charge in [-0.15, -0.1) is 0 Å². The number of hydrogen-bond donors (Lipinski definition) is 2. The number of methoxy groups -OCH3 is 1. The first-order valence-electron chi connectivity index (χ1n) is 13.3. The summed E-state index contributed by atoms with van der Waals surface area (Å²) in [5.41, 5.74) is 0.781. The summed E-state index contributed by atoms with van der Waals surface area (Å²) in [7, 11) is 1.38. The van der Waals surface area contributed by atoms with E-state index in [9.17, 15) is 25.5 Å². The third kappa shape index (κ3) is 6.86. The lowest BCUT2D eigenvalue weighted by atomic mass is 10.0. The highest BCUT2D eigenvalue weighted by atomic mass is 16.7. The normalized spacial score (nSPS) is 14.0. The zero-order chi connectivity index (χ0) is 31.0. The highest BCUT2D eigenvalue weighted by Gasteiger charge is 2.29. The molecule has 2 aromatic carbocycles. The molecule has 12 nitrogen and oxygen atoms in total. The second-order valence-electron chi connectivity index (χ2n) is 10.6. The van der Waals surface area contributed by atoms with Gasteiger partial charge in [0.05, 0.1) is 29.6 Å². The molecule has 0 radical (unpaired) electrons. The minimum atomic E-state index is -0.931. The van der Waals surface area contributed by atoms with Gasteiger partial charge in [-0.05, 0) is 46.5 Å². The number of rotatable bonds is 4. The molecule has 0 aromatic heterocycles. The van der Waals surface area contributed by atoms with Gasteiger partial charge in [-0.2, -0.15) is 21.0 Å². The van der Waals surface area contributed by atoms with E-state index in [1.807, 2.05) is 21.9 Å². The first kappa shape index (κ1) is 31.2. The monoisotopic (exact) mass is 572 g/mol. The standard InChI is InChI=1S/C18H21N3O4.C12H11N3O2/c1-18(2,3)25-17(22)24-16-13(11-20)15(21-7-5-6-8-21)12(10-19)9-14(16)23-4;13-6-8-5-10(16)12(17)9(7-14)11(8)15-3-1-2-4-15/h9H,5-8H2,1-4H3;5,16-17H,1-4H2. The van der Waals surface area contributed by atoms with Gasteiger partial charge in [0.15, 0.2) is 23.0 Å². The summed E-state index contributed by atoms with van der Waals surface area (Å²) in [4.78, 5) is 15.9. The van der Waals surface area contributed by atoms with E-state index in [4.69, 9.17) is 24.7 Å². The number of anilines is 2. The van der Waals surface area contributed by atoms with Gasteiger partial charge >= 0.3 is 6.16 Å². The van der Waals surface area contributed by atoms with E-state index < -0.39 is 23.3 Å². The Hall–Kier alpha value is -5.33. The van der Waals surface area contributed by atoms with Crippen molar-refractivity contribution >= 4 is 17.5 Å². The van der Waals surface area contributed by atoms with E-state index in [0.29, 0.717) is 16.9 Å². The SMILES string of the molecule is COc1cc(C#N)c(N2CCCC2)c(C#N)c1OC(=O)OC(C)(C)C.N#Cc1cc(O)c(O)c(C#N)c1N1CCCC1. The zero-order valence-corrected chi connectivity index (χ0v) is 24.0. The summed E-state index contributed by atoms with van der Waals surface area (Å²) in [6, 6.07) is 10.6. The van der Waals surface area contributed by atoms with Crippen molar-refractivity contribution < 1.29 is 29.2 Å². The quantitative estimate of drug-likeness (QED) is 0.290. The summed E-state index contributed by atoms with van der Waals surface area (Å²) in [6.07, 6.45) is 3.02. The average molecular weight is 573 g/mol. The molecule has 2 aromatic rings. The first-order valence-corrected chi connectivity index (χ1v) is 13.3. The molecule has 4 rings (SSSR count). The maximum atomic E-state index is 12.1. The van der Waals surface area contributed by atoms with E-state index in [2.05, 4.69) is 12.1 Å². The van der Waals surface area contributed by atoms with Crippen LogP contribution < -0.4 is 19.3 Å². The molecule has 0 amide bonds. The highest BCUT2D eigenvalue weighted by Crippen LogP contribution is 2.42. The maximum absolute atomic E-state index is 12.1. The van der Waals surface area contributed by atoms with Crippen LogP contribution in [0.2, 0.25) is 0 Å². The Balaban J connectivity index is 0.000000247. The Morgan fingerprint density at radius 1 is 0.810 bits per heavy atom. The van der Waals surface area contributed by atoms with E-state index in [-0.39, 0.29) is 28.2 Å². The van der Waals surface area contributed by atoms with Crippen LogP contribution in [-0.4, -0.2) is 55.3 Å². The number of ether oxygens (including phenoxy) is 3. The van der Waals surface area contributed by atoms with E-state index in [0.717, 1.165) is 51.9 Å². The van der Waals surface area contributed by atoms with Crippen LogP contribution in [-0.2, 0) is 4.74 Å². The number of benzene rings is 2. The second kappa shape index (κ2) is 13.4. The van der Waals surface area contributed by atoms with Crippen molar-refractivity contribution in [1.82, 2.24) is 0 Å². The molecular formula is C30H32N6O6. The molecule has 12 heteroatoms. The largest absolute Gasteiger partial charge is 0.514 e. The molecule has 0 spiro atoms. The number of hydrogen-bond acceptors (Lipinski definition) is 12. The molecule has 0 bridgehead atoms. The van der Waals surface area contributed by atoms with Crippen molar-refractivity contribution in [3.63, 3.8) is 0 Å². The number of phenolic OH excluding ortho intramolecular Hbond substituents is 2. The predicted molar refractivity (Wildman–Crippen MR) is 151 cm³/mol. The molecule has 0 saturated carbocycles. The number of aromatic hydroxyl groups is 2. The topological polar surface area (TPSA) is 187 Å². The lowest BCUT2D eigenvalue weighted by molar-refractivity contribution is 0.0200. The molecule has 2 saturated heterocycles. The minimum absolute atomic E-state index is 0.0246. The van der Waals surface area contributed by atoms with Crippen molar-refractivity contribution in [1.29, 1.82) is 21.0 Å². The summed E-state index contributed by atoms with van der Waals surface area (Å²) < 4.78 is 15.7. The smallest absolute Gasteiger partial charge is 0.504 e. The van der Waals surface area contributed by atoms with Crippen molar-refractivity contribution in [3.8, 4) is 47.3 Å². The summed E-state index contributed by atoms with van der Waals surface area (Å²) in [5, 5.41) is 56.3. The van der Waals surface area contributed by atoms with Crippen LogP contribution >= 0.6 is 0 Å².